The van der Waals surface area contributed by atoms with Crippen molar-refractivity contribution in [1.29, 1.82) is 0 Å². The van der Waals surface area contributed by atoms with Crippen LogP contribution in [0.5, 0.6) is 0 Å². The summed E-state index contributed by atoms with van der Waals surface area (Å²) in [6, 6.07) is 3.30. The molecule has 104 valence electrons. The van der Waals surface area contributed by atoms with Crippen LogP contribution in [0.2, 0.25) is 0 Å². The molecule has 1 fully saturated rings. The molecule has 2 rings (SSSR count). The molecule has 2 amide bonds. The van der Waals surface area contributed by atoms with E-state index in [1.165, 1.54) is 0 Å². The van der Waals surface area contributed by atoms with Gasteiger partial charge in [0.25, 0.3) is 0 Å². The van der Waals surface area contributed by atoms with E-state index in [4.69, 9.17) is 0 Å². The summed E-state index contributed by atoms with van der Waals surface area (Å²) in [6.45, 7) is 6.06. The Kier molecular flexibility index (Phi) is 3.75. The molecule has 1 unspecified atom stereocenters. The van der Waals surface area contributed by atoms with E-state index in [2.05, 4.69) is 10.3 Å². The standard InChI is InChI=1S/C14H21N3O2/c1-10-9-11(6-7-15-10)16-13(18)17-8-4-5-12(17)14(2,3)19/h6-7,9,12,19H,4-5,8H2,1-3H3,(H,15,16,18). The molecule has 0 bridgehead atoms. The fourth-order valence-corrected chi connectivity index (χ4v) is 2.56. The molecule has 1 saturated heterocycles. The highest BCUT2D eigenvalue weighted by Crippen LogP contribution is 2.27. The second kappa shape index (κ2) is 5.17. The van der Waals surface area contributed by atoms with E-state index in [9.17, 15) is 9.90 Å². The van der Waals surface area contributed by atoms with Crippen LogP contribution in [0.25, 0.3) is 0 Å². The molecule has 0 saturated carbocycles. The van der Waals surface area contributed by atoms with Gasteiger partial charge in [0, 0.05) is 24.1 Å². The van der Waals surface area contributed by atoms with Gasteiger partial charge in [0.15, 0.2) is 0 Å². The molecular weight excluding hydrogens is 242 g/mol. The van der Waals surface area contributed by atoms with Gasteiger partial charge in [-0.15, -0.1) is 0 Å². The van der Waals surface area contributed by atoms with Crippen molar-refractivity contribution in [1.82, 2.24) is 9.88 Å². The van der Waals surface area contributed by atoms with Crippen molar-refractivity contribution < 1.29 is 9.90 Å². The highest BCUT2D eigenvalue weighted by atomic mass is 16.3. The molecule has 1 aromatic heterocycles. The third-order valence-corrected chi connectivity index (χ3v) is 3.48. The molecule has 1 aliphatic heterocycles. The minimum Gasteiger partial charge on any atom is -0.388 e. The van der Waals surface area contributed by atoms with Crippen LogP contribution in [-0.4, -0.2) is 39.2 Å². The van der Waals surface area contributed by atoms with Gasteiger partial charge in [-0.1, -0.05) is 0 Å². The van der Waals surface area contributed by atoms with Crippen LogP contribution in [0, 0.1) is 6.92 Å². The largest absolute Gasteiger partial charge is 0.388 e. The smallest absolute Gasteiger partial charge is 0.322 e. The molecule has 2 N–H and O–H groups in total. The number of amides is 2. The number of likely N-dealkylation sites (tertiary alicyclic amines) is 1. The molecule has 1 atom stereocenters. The number of carbonyl (C=O) groups is 1. The minimum atomic E-state index is -0.873. The summed E-state index contributed by atoms with van der Waals surface area (Å²) in [5.41, 5.74) is 0.722. The van der Waals surface area contributed by atoms with Gasteiger partial charge in [0.05, 0.1) is 11.6 Å². The maximum absolute atomic E-state index is 12.3. The molecule has 1 aromatic rings. The first kappa shape index (κ1) is 13.8. The molecule has 0 aromatic carbocycles. The second-order valence-electron chi connectivity index (χ2n) is 5.62. The topological polar surface area (TPSA) is 65.5 Å². The van der Waals surface area contributed by atoms with E-state index in [-0.39, 0.29) is 12.1 Å². The third-order valence-electron chi connectivity index (χ3n) is 3.48. The number of nitrogens with zero attached hydrogens (tertiary/aromatic N) is 2. The Morgan fingerprint density at radius 1 is 1.58 bits per heavy atom. The molecule has 0 aliphatic carbocycles. The van der Waals surface area contributed by atoms with Gasteiger partial charge in [-0.05, 0) is 45.7 Å². The fourth-order valence-electron chi connectivity index (χ4n) is 2.56. The third kappa shape index (κ3) is 3.23. The lowest BCUT2D eigenvalue weighted by atomic mass is 9.97. The summed E-state index contributed by atoms with van der Waals surface area (Å²) >= 11 is 0. The monoisotopic (exact) mass is 263 g/mol. The Labute approximate surface area is 113 Å². The summed E-state index contributed by atoms with van der Waals surface area (Å²) < 4.78 is 0. The number of aryl methyl sites for hydroxylation is 1. The van der Waals surface area contributed by atoms with Gasteiger partial charge in [0.1, 0.15) is 0 Å². The highest BCUT2D eigenvalue weighted by molar-refractivity contribution is 5.89. The molecule has 19 heavy (non-hydrogen) atoms. The number of hydrogen-bond acceptors (Lipinski definition) is 3. The van der Waals surface area contributed by atoms with Crippen LogP contribution >= 0.6 is 0 Å². The van der Waals surface area contributed by atoms with E-state index in [1.54, 1.807) is 31.0 Å². The predicted octanol–water partition coefficient (Wildman–Crippen LogP) is 2.16. The molecular formula is C14H21N3O2. The van der Waals surface area contributed by atoms with Crippen LogP contribution in [0.15, 0.2) is 18.3 Å². The number of pyridine rings is 1. The summed E-state index contributed by atoms with van der Waals surface area (Å²) in [4.78, 5) is 18.1. The number of carbonyl (C=O) groups excluding carboxylic acids is 1. The number of hydrogen-bond donors (Lipinski definition) is 2. The van der Waals surface area contributed by atoms with Crippen molar-refractivity contribution in [2.75, 3.05) is 11.9 Å². The number of urea groups is 1. The van der Waals surface area contributed by atoms with Crippen LogP contribution in [0.1, 0.15) is 32.4 Å². The normalized spacial score (nSPS) is 19.6. The SMILES string of the molecule is Cc1cc(NC(=O)N2CCCC2C(C)(C)O)ccn1. The zero-order valence-electron chi connectivity index (χ0n) is 11.7. The quantitative estimate of drug-likeness (QED) is 0.859. The Morgan fingerprint density at radius 2 is 2.32 bits per heavy atom. The molecule has 5 nitrogen and oxygen atoms in total. The van der Waals surface area contributed by atoms with Crippen LogP contribution in [0.4, 0.5) is 10.5 Å². The number of nitrogens with one attached hydrogen (secondary N) is 1. The summed E-state index contributed by atoms with van der Waals surface area (Å²) in [7, 11) is 0. The second-order valence-corrected chi connectivity index (χ2v) is 5.62. The first-order chi connectivity index (χ1) is 8.88. The Bertz CT molecular complexity index is 468. The van der Waals surface area contributed by atoms with E-state index < -0.39 is 5.60 Å². The van der Waals surface area contributed by atoms with Crippen LogP contribution in [0.3, 0.4) is 0 Å². The number of aliphatic hydroxyl groups is 1. The fraction of sp³-hybridized carbons (Fsp3) is 0.571. The maximum Gasteiger partial charge on any atom is 0.322 e. The van der Waals surface area contributed by atoms with Crippen molar-refractivity contribution in [2.24, 2.45) is 0 Å². The summed E-state index contributed by atoms with van der Waals surface area (Å²) in [5.74, 6) is 0. The van der Waals surface area contributed by atoms with Crippen molar-refractivity contribution >= 4 is 11.7 Å². The molecule has 0 radical (unpaired) electrons. The Hall–Kier alpha value is -1.62. The summed E-state index contributed by atoms with van der Waals surface area (Å²) in [5, 5.41) is 13.0. The lowest BCUT2D eigenvalue weighted by molar-refractivity contribution is 0.0117. The number of rotatable bonds is 2. The van der Waals surface area contributed by atoms with Crippen LogP contribution < -0.4 is 5.32 Å². The van der Waals surface area contributed by atoms with Gasteiger partial charge in [-0.2, -0.15) is 0 Å². The molecule has 2 heterocycles. The van der Waals surface area contributed by atoms with Crippen molar-refractivity contribution in [2.45, 2.75) is 45.3 Å². The van der Waals surface area contributed by atoms with Gasteiger partial charge in [-0.25, -0.2) is 4.79 Å². The Morgan fingerprint density at radius 3 is 2.95 bits per heavy atom. The summed E-state index contributed by atoms with van der Waals surface area (Å²) in [6.07, 6.45) is 3.44. The minimum absolute atomic E-state index is 0.129. The van der Waals surface area contributed by atoms with Gasteiger partial charge < -0.3 is 15.3 Å². The van der Waals surface area contributed by atoms with Crippen molar-refractivity contribution in [3.63, 3.8) is 0 Å². The van der Waals surface area contributed by atoms with Crippen molar-refractivity contribution in [3.8, 4) is 0 Å². The van der Waals surface area contributed by atoms with E-state index in [0.29, 0.717) is 6.54 Å². The van der Waals surface area contributed by atoms with E-state index in [1.807, 2.05) is 13.0 Å². The zero-order chi connectivity index (χ0) is 14.0. The van der Waals surface area contributed by atoms with Crippen molar-refractivity contribution in [3.05, 3.63) is 24.0 Å². The van der Waals surface area contributed by atoms with E-state index in [0.717, 1.165) is 24.2 Å². The molecule has 0 spiro atoms. The average molecular weight is 263 g/mol. The highest BCUT2D eigenvalue weighted by Gasteiger charge is 2.38. The number of anilines is 1. The number of aromatic nitrogens is 1. The molecule has 5 heteroatoms. The lowest BCUT2D eigenvalue weighted by Gasteiger charge is -2.33. The maximum atomic E-state index is 12.3. The first-order valence-electron chi connectivity index (χ1n) is 6.60. The zero-order valence-corrected chi connectivity index (χ0v) is 11.7. The van der Waals surface area contributed by atoms with E-state index >= 15 is 0 Å². The Balaban J connectivity index is 2.07. The molecule has 1 aliphatic rings. The predicted molar refractivity (Wildman–Crippen MR) is 74.0 cm³/mol. The van der Waals surface area contributed by atoms with Gasteiger partial charge >= 0.3 is 6.03 Å². The lowest BCUT2D eigenvalue weighted by Crippen LogP contribution is -2.49. The van der Waals surface area contributed by atoms with Gasteiger partial charge in [-0.3, -0.25) is 4.98 Å². The van der Waals surface area contributed by atoms with Crippen LogP contribution in [-0.2, 0) is 0 Å². The first-order valence-corrected chi connectivity index (χ1v) is 6.60. The van der Waals surface area contributed by atoms with Gasteiger partial charge in [0.2, 0.25) is 0 Å². The average Bonchev–Trinajstić information content (AvgIpc) is 2.77.